The Morgan fingerprint density at radius 2 is 2.09 bits per heavy atom. The molecule has 0 aliphatic rings. The van der Waals surface area contributed by atoms with Crippen LogP contribution in [-0.2, 0) is 0 Å². The molecule has 2 heterocycles. The summed E-state index contributed by atoms with van der Waals surface area (Å²) in [5, 5.41) is 8.59. The highest BCUT2D eigenvalue weighted by molar-refractivity contribution is 9.10. The molecular weight excluding hydrogens is 364 g/mol. The van der Waals surface area contributed by atoms with Crippen molar-refractivity contribution in [1.29, 1.82) is 0 Å². The zero-order valence-electron chi connectivity index (χ0n) is 11.3. The summed E-state index contributed by atoms with van der Waals surface area (Å²) in [5.41, 5.74) is 1.36. The lowest BCUT2D eigenvalue weighted by atomic mass is 10.2. The van der Waals surface area contributed by atoms with Gasteiger partial charge in [-0.3, -0.25) is 4.79 Å². The fourth-order valence-electron chi connectivity index (χ4n) is 1.79. The molecule has 22 heavy (non-hydrogen) atoms. The minimum atomic E-state index is -0.211. The molecule has 110 valence electrons. The number of pyridine rings is 1. The molecule has 0 radical (unpaired) electrons. The summed E-state index contributed by atoms with van der Waals surface area (Å²) in [4.78, 5) is 20.5. The number of benzene rings is 1. The zero-order valence-corrected chi connectivity index (χ0v) is 13.7. The minimum absolute atomic E-state index is 0.211. The number of aromatic nitrogens is 2. The number of amides is 1. The standard InChI is InChI=1S/C15H11BrN4OS/c16-11-4-5-13(18-9-11)20-14(21)10-2-1-3-12(8-10)19-15-17-6-7-22-15/h1-9H,(H,17,19)(H,18,20,21). The molecule has 0 atom stereocenters. The van der Waals surface area contributed by atoms with Crippen LogP contribution in [0.5, 0.6) is 0 Å². The van der Waals surface area contributed by atoms with Crippen molar-refractivity contribution >= 4 is 49.8 Å². The van der Waals surface area contributed by atoms with Gasteiger partial charge in [-0.1, -0.05) is 6.07 Å². The molecule has 1 amide bonds. The van der Waals surface area contributed by atoms with Crippen LogP contribution in [0.25, 0.3) is 0 Å². The van der Waals surface area contributed by atoms with Gasteiger partial charge < -0.3 is 10.6 Å². The lowest BCUT2D eigenvalue weighted by molar-refractivity contribution is 0.102. The maximum absolute atomic E-state index is 12.3. The lowest BCUT2D eigenvalue weighted by Gasteiger charge is -2.07. The Morgan fingerprint density at radius 3 is 2.82 bits per heavy atom. The molecule has 7 heteroatoms. The van der Waals surface area contributed by atoms with Gasteiger partial charge in [-0.05, 0) is 46.3 Å². The van der Waals surface area contributed by atoms with Crippen molar-refractivity contribution in [3.63, 3.8) is 0 Å². The predicted octanol–water partition coefficient (Wildman–Crippen LogP) is 4.30. The SMILES string of the molecule is O=C(Nc1ccc(Br)cn1)c1cccc(Nc2nccs2)c1. The molecule has 0 saturated heterocycles. The number of thiazole rings is 1. The topological polar surface area (TPSA) is 66.9 Å². The molecule has 5 nitrogen and oxygen atoms in total. The van der Waals surface area contributed by atoms with E-state index in [2.05, 4.69) is 36.5 Å². The Labute approximate surface area is 139 Å². The molecule has 0 saturated carbocycles. The van der Waals surface area contributed by atoms with Crippen LogP contribution in [0.4, 0.5) is 16.6 Å². The molecule has 0 spiro atoms. The van der Waals surface area contributed by atoms with E-state index in [4.69, 9.17) is 0 Å². The van der Waals surface area contributed by atoms with Gasteiger partial charge in [0.15, 0.2) is 5.13 Å². The van der Waals surface area contributed by atoms with Crippen LogP contribution in [0.3, 0.4) is 0 Å². The van der Waals surface area contributed by atoms with Crippen LogP contribution in [-0.4, -0.2) is 15.9 Å². The monoisotopic (exact) mass is 374 g/mol. The van der Waals surface area contributed by atoms with Crippen molar-refractivity contribution in [3.8, 4) is 0 Å². The summed E-state index contributed by atoms with van der Waals surface area (Å²) < 4.78 is 0.861. The second-order valence-electron chi connectivity index (χ2n) is 4.36. The fraction of sp³-hybridized carbons (Fsp3) is 0. The molecule has 1 aromatic carbocycles. The summed E-state index contributed by atoms with van der Waals surface area (Å²) in [6.45, 7) is 0. The third-order valence-electron chi connectivity index (χ3n) is 2.78. The largest absolute Gasteiger partial charge is 0.332 e. The van der Waals surface area contributed by atoms with Crippen LogP contribution >= 0.6 is 27.3 Å². The van der Waals surface area contributed by atoms with Gasteiger partial charge in [-0.2, -0.15) is 0 Å². The predicted molar refractivity (Wildman–Crippen MR) is 91.7 cm³/mol. The third-order valence-corrected chi connectivity index (χ3v) is 3.93. The highest BCUT2D eigenvalue weighted by Crippen LogP contribution is 2.20. The van der Waals surface area contributed by atoms with E-state index < -0.39 is 0 Å². The van der Waals surface area contributed by atoms with Crippen molar-refractivity contribution in [2.75, 3.05) is 10.6 Å². The molecule has 2 aromatic heterocycles. The van der Waals surface area contributed by atoms with Crippen molar-refractivity contribution in [3.05, 3.63) is 64.2 Å². The molecular formula is C15H11BrN4OS. The average molecular weight is 375 g/mol. The van der Waals surface area contributed by atoms with Gasteiger partial charge in [0.2, 0.25) is 0 Å². The second kappa shape index (κ2) is 6.67. The van der Waals surface area contributed by atoms with E-state index in [1.165, 1.54) is 11.3 Å². The Hall–Kier alpha value is -2.25. The van der Waals surface area contributed by atoms with E-state index in [0.29, 0.717) is 11.4 Å². The van der Waals surface area contributed by atoms with Gasteiger partial charge in [0.1, 0.15) is 5.82 Å². The Kier molecular flexibility index (Phi) is 4.45. The average Bonchev–Trinajstić information content (AvgIpc) is 3.03. The number of hydrogen-bond donors (Lipinski definition) is 2. The molecule has 0 bridgehead atoms. The molecule has 3 rings (SSSR count). The van der Waals surface area contributed by atoms with Gasteiger partial charge in [-0.25, -0.2) is 9.97 Å². The Morgan fingerprint density at radius 1 is 1.18 bits per heavy atom. The first-order chi connectivity index (χ1) is 10.7. The minimum Gasteiger partial charge on any atom is -0.332 e. The molecule has 0 aliphatic carbocycles. The van der Waals surface area contributed by atoms with E-state index in [9.17, 15) is 4.79 Å². The second-order valence-corrected chi connectivity index (χ2v) is 6.17. The number of anilines is 3. The highest BCUT2D eigenvalue weighted by atomic mass is 79.9. The van der Waals surface area contributed by atoms with Crippen molar-refractivity contribution in [1.82, 2.24) is 9.97 Å². The number of rotatable bonds is 4. The van der Waals surface area contributed by atoms with Gasteiger partial charge in [0, 0.05) is 33.5 Å². The first-order valence-electron chi connectivity index (χ1n) is 6.40. The summed E-state index contributed by atoms with van der Waals surface area (Å²) in [6.07, 6.45) is 3.36. The summed E-state index contributed by atoms with van der Waals surface area (Å²) in [5.74, 6) is 0.295. The van der Waals surface area contributed by atoms with E-state index >= 15 is 0 Å². The summed E-state index contributed by atoms with van der Waals surface area (Å²) >= 11 is 4.80. The number of nitrogens with one attached hydrogen (secondary N) is 2. The first kappa shape index (κ1) is 14.7. The molecule has 0 unspecified atom stereocenters. The van der Waals surface area contributed by atoms with E-state index in [0.717, 1.165) is 15.3 Å². The number of nitrogens with zero attached hydrogens (tertiary/aromatic N) is 2. The first-order valence-corrected chi connectivity index (χ1v) is 8.07. The maximum Gasteiger partial charge on any atom is 0.256 e. The fourth-order valence-corrected chi connectivity index (χ4v) is 2.57. The molecule has 0 fully saturated rings. The Balaban J connectivity index is 1.73. The summed E-state index contributed by atoms with van der Waals surface area (Å²) in [6, 6.07) is 10.8. The number of carbonyl (C=O) groups is 1. The van der Waals surface area contributed by atoms with Crippen molar-refractivity contribution in [2.24, 2.45) is 0 Å². The van der Waals surface area contributed by atoms with Crippen LogP contribution in [0.15, 0.2) is 58.6 Å². The van der Waals surface area contributed by atoms with E-state index in [1.807, 2.05) is 23.6 Å². The van der Waals surface area contributed by atoms with Crippen LogP contribution < -0.4 is 10.6 Å². The lowest BCUT2D eigenvalue weighted by Crippen LogP contribution is -2.13. The van der Waals surface area contributed by atoms with E-state index in [-0.39, 0.29) is 5.91 Å². The quantitative estimate of drug-likeness (QED) is 0.714. The normalized spacial score (nSPS) is 10.2. The Bertz CT molecular complexity index is 775. The smallest absolute Gasteiger partial charge is 0.256 e. The number of carbonyl (C=O) groups excluding carboxylic acids is 1. The van der Waals surface area contributed by atoms with Crippen LogP contribution in [0, 0.1) is 0 Å². The molecule has 0 aliphatic heterocycles. The number of halogens is 1. The third kappa shape index (κ3) is 3.69. The highest BCUT2D eigenvalue weighted by Gasteiger charge is 2.08. The molecule has 2 N–H and O–H groups in total. The van der Waals surface area contributed by atoms with Crippen molar-refractivity contribution < 1.29 is 4.79 Å². The van der Waals surface area contributed by atoms with E-state index in [1.54, 1.807) is 30.6 Å². The molecule has 3 aromatic rings. The van der Waals surface area contributed by atoms with Gasteiger partial charge in [-0.15, -0.1) is 11.3 Å². The van der Waals surface area contributed by atoms with Gasteiger partial charge in [0.05, 0.1) is 0 Å². The maximum atomic E-state index is 12.3. The van der Waals surface area contributed by atoms with Crippen LogP contribution in [0.1, 0.15) is 10.4 Å². The number of hydrogen-bond acceptors (Lipinski definition) is 5. The van der Waals surface area contributed by atoms with Gasteiger partial charge in [0.25, 0.3) is 5.91 Å². The van der Waals surface area contributed by atoms with Crippen molar-refractivity contribution in [2.45, 2.75) is 0 Å². The summed E-state index contributed by atoms with van der Waals surface area (Å²) in [7, 11) is 0. The van der Waals surface area contributed by atoms with Gasteiger partial charge >= 0.3 is 0 Å². The van der Waals surface area contributed by atoms with Crippen LogP contribution in [0.2, 0.25) is 0 Å². The zero-order chi connectivity index (χ0) is 15.4.